The van der Waals surface area contributed by atoms with Crippen molar-refractivity contribution in [3.63, 3.8) is 0 Å². The standard InChI is InChI=1S/2CH2O3.Co/c2*2-1(3)4;/h2*(H2,2,3,4);/p-4. The van der Waals surface area contributed by atoms with Crippen LogP contribution in [0.4, 0.5) is 9.59 Å². The zero-order valence-corrected chi connectivity index (χ0v) is 4.82. The van der Waals surface area contributed by atoms with Gasteiger partial charge in [-0.25, -0.2) is 0 Å². The smallest absolute Gasteiger partial charge is 0 e. The Labute approximate surface area is 59.9 Å². The Bertz CT molecular complexity index is 69.1. The van der Waals surface area contributed by atoms with Crippen LogP contribution in [0, 0.1) is 0 Å². The van der Waals surface area contributed by atoms with Gasteiger partial charge in [-0.05, 0) is 12.3 Å². The van der Waals surface area contributed by atoms with E-state index in [1.54, 1.807) is 0 Å². The summed E-state index contributed by atoms with van der Waals surface area (Å²) in [6.07, 6.45) is -4.67. The van der Waals surface area contributed by atoms with E-state index in [1.807, 2.05) is 0 Å². The Hall–Kier alpha value is -0.954. The summed E-state index contributed by atoms with van der Waals surface area (Å²) in [6, 6.07) is 0. The van der Waals surface area contributed by atoms with Gasteiger partial charge in [-0.2, -0.15) is 0 Å². The summed E-state index contributed by atoms with van der Waals surface area (Å²) in [4.78, 5) is 16.7. The fraction of sp³-hybridized carbons (Fsp3) is 0. The molecule has 0 amide bonds. The average molecular weight is 179 g/mol. The van der Waals surface area contributed by atoms with Crippen molar-refractivity contribution in [1.29, 1.82) is 0 Å². The Kier molecular flexibility index (Phi) is 17.6. The van der Waals surface area contributed by atoms with Crippen molar-refractivity contribution < 1.29 is 46.8 Å². The third-order valence-electron chi connectivity index (χ3n) is 0. The van der Waals surface area contributed by atoms with Gasteiger partial charge in [-0.1, -0.05) is 0 Å². The van der Waals surface area contributed by atoms with E-state index in [1.165, 1.54) is 0 Å². The first-order valence-electron chi connectivity index (χ1n) is 1.22. The number of carbonyl (C=O) groups excluding carboxylic acids is 2. The maximum Gasteiger partial charge on any atom is 0 e. The van der Waals surface area contributed by atoms with E-state index in [9.17, 15) is 0 Å². The van der Waals surface area contributed by atoms with E-state index in [-0.39, 0.29) is 16.8 Å². The summed E-state index contributed by atoms with van der Waals surface area (Å²) in [5.41, 5.74) is 0. The molecule has 0 aliphatic rings. The molecule has 0 saturated carbocycles. The van der Waals surface area contributed by atoms with Gasteiger partial charge in [0.2, 0.25) is 0 Å². The summed E-state index contributed by atoms with van der Waals surface area (Å²) in [6.45, 7) is 0. The summed E-state index contributed by atoms with van der Waals surface area (Å²) >= 11 is 0. The minimum atomic E-state index is -2.33. The molecule has 0 unspecified atom stereocenters. The molecule has 0 heterocycles. The number of hydrogen-bond acceptors (Lipinski definition) is 6. The van der Waals surface area contributed by atoms with Gasteiger partial charge in [-0.3, -0.25) is 0 Å². The first-order chi connectivity index (χ1) is 3.46. The van der Waals surface area contributed by atoms with E-state index in [0.29, 0.717) is 0 Å². The van der Waals surface area contributed by atoms with Crippen molar-refractivity contribution in [2.45, 2.75) is 0 Å². The Balaban J connectivity index is -0.0000000720. The van der Waals surface area contributed by atoms with Crippen molar-refractivity contribution in [2.24, 2.45) is 0 Å². The molecule has 0 aromatic heterocycles. The minimum absolute atomic E-state index is 0. The van der Waals surface area contributed by atoms with E-state index in [4.69, 9.17) is 30.0 Å². The number of hydrogen-bond donors (Lipinski definition) is 0. The number of carboxylic acid groups (broad SMARTS) is 4. The fourth-order valence-electron chi connectivity index (χ4n) is 0. The largest absolute Gasteiger partial charge is 0.652 e. The quantitative estimate of drug-likeness (QED) is 0.366. The number of rotatable bonds is 0. The van der Waals surface area contributed by atoms with Crippen LogP contribution in [0.2, 0.25) is 0 Å². The maximum atomic E-state index is 8.33. The molecule has 0 aromatic rings. The van der Waals surface area contributed by atoms with Gasteiger partial charge in [0.15, 0.2) is 0 Å². The maximum absolute atomic E-state index is 8.33. The predicted molar refractivity (Wildman–Crippen MR) is 10.8 cm³/mol. The molecule has 0 aliphatic heterocycles. The fourth-order valence-corrected chi connectivity index (χ4v) is 0. The van der Waals surface area contributed by atoms with Gasteiger partial charge in [0.25, 0.3) is 0 Å². The van der Waals surface area contributed by atoms with Crippen molar-refractivity contribution in [3.05, 3.63) is 0 Å². The summed E-state index contributed by atoms with van der Waals surface area (Å²) in [5.74, 6) is 0. The van der Waals surface area contributed by atoms with Crippen LogP contribution < -0.4 is 20.4 Å². The second kappa shape index (κ2) is 10.1. The van der Waals surface area contributed by atoms with Crippen molar-refractivity contribution in [1.82, 2.24) is 0 Å². The van der Waals surface area contributed by atoms with E-state index in [0.717, 1.165) is 0 Å². The van der Waals surface area contributed by atoms with E-state index in [2.05, 4.69) is 0 Å². The van der Waals surface area contributed by atoms with Crippen molar-refractivity contribution >= 4 is 12.3 Å². The van der Waals surface area contributed by atoms with Crippen LogP contribution in [-0.2, 0) is 16.8 Å². The summed E-state index contributed by atoms with van der Waals surface area (Å²) in [5, 5.41) is 33.3. The topological polar surface area (TPSA) is 126 Å². The minimum Gasteiger partial charge on any atom is -0.652 e. The summed E-state index contributed by atoms with van der Waals surface area (Å²) in [7, 11) is 0. The van der Waals surface area contributed by atoms with Crippen LogP contribution in [0.1, 0.15) is 0 Å². The van der Waals surface area contributed by atoms with Crippen LogP contribution in [0.5, 0.6) is 0 Å². The summed E-state index contributed by atoms with van der Waals surface area (Å²) < 4.78 is 0. The molecule has 0 aromatic carbocycles. The van der Waals surface area contributed by atoms with Gasteiger partial charge in [0.1, 0.15) is 0 Å². The van der Waals surface area contributed by atoms with Crippen LogP contribution >= 0.6 is 0 Å². The molecular weight excluding hydrogens is 179 g/mol. The zero-order valence-electron chi connectivity index (χ0n) is 3.78. The normalized spacial score (nSPS) is 5.33. The molecular formula is C2CoO6-4. The Morgan fingerprint density at radius 2 is 0.778 bits per heavy atom. The predicted octanol–water partition coefficient (Wildman–Crippen LogP) is -4.90. The van der Waals surface area contributed by atoms with Crippen molar-refractivity contribution in [2.75, 3.05) is 0 Å². The Morgan fingerprint density at radius 3 is 0.778 bits per heavy atom. The molecule has 7 heteroatoms. The SMILES string of the molecule is O=C([O-])[O-].O=C([O-])[O-].[Co]. The van der Waals surface area contributed by atoms with Crippen LogP contribution in [0.25, 0.3) is 0 Å². The van der Waals surface area contributed by atoms with Crippen LogP contribution in [0.3, 0.4) is 0 Å². The second-order valence-corrected chi connectivity index (χ2v) is 0.500. The molecule has 0 N–H and O–H groups in total. The first-order valence-corrected chi connectivity index (χ1v) is 1.22. The second-order valence-electron chi connectivity index (χ2n) is 0.500. The molecule has 1 radical (unpaired) electrons. The molecule has 0 rings (SSSR count). The third kappa shape index (κ3) is 197. The van der Waals surface area contributed by atoms with E-state index >= 15 is 0 Å². The Morgan fingerprint density at radius 1 is 0.778 bits per heavy atom. The van der Waals surface area contributed by atoms with Gasteiger partial charge in [-0.15, -0.1) is 0 Å². The zero-order chi connectivity index (χ0) is 7.15. The van der Waals surface area contributed by atoms with Crippen LogP contribution in [0.15, 0.2) is 0 Å². The first kappa shape index (κ1) is 15.7. The van der Waals surface area contributed by atoms with Gasteiger partial charge >= 0.3 is 0 Å². The van der Waals surface area contributed by atoms with E-state index < -0.39 is 12.3 Å². The molecule has 0 atom stereocenters. The monoisotopic (exact) mass is 179 g/mol. The molecule has 0 spiro atoms. The molecule has 0 aliphatic carbocycles. The number of carbonyl (C=O) groups is 2. The van der Waals surface area contributed by atoms with Crippen molar-refractivity contribution in [3.8, 4) is 0 Å². The molecule has 9 heavy (non-hydrogen) atoms. The van der Waals surface area contributed by atoms with Gasteiger partial charge in [0, 0.05) is 16.8 Å². The average Bonchev–Trinajstić information content (AvgIpc) is 1.25. The third-order valence-corrected chi connectivity index (χ3v) is 0. The molecule has 6 nitrogen and oxygen atoms in total. The van der Waals surface area contributed by atoms with Gasteiger partial charge in [0.05, 0.1) is 0 Å². The molecule has 0 bridgehead atoms. The molecule has 0 saturated heterocycles. The van der Waals surface area contributed by atoms with Crippen LogP contribution in [-0.4, -0.2) is 12.3 Å². The molecule has 0 fully saturated rings. The molecule has 57 valence electrons. The van der Waals surface area contributed by atoms with Gasteiger partial charge < -0.3 is 30.0 Å².